The van der Waals surface area contributed by atoms with E-state index >= 15 is 0 Å². The van der Waals surface area contributed by atoms with Crippen LogP contribution in [0.2, 0.25) is 10.3 Å². The van der Waals surface area contributed by atoms with Gasteiger partial charge >= 0.3 is 0 Å². The molecule has 0 atom stereocenters. The first-order chi connectivity index (χ1) is 16.3. The Morgan fingerprint density at radius 3 is 2.23 bits per heavy atom. The van der Waals surface area contributed by atoms with Crippen LogP contribution in [-0.2, 0) is 19.9 Å². The Labute approximate surface area is 207 Å². The average molecular weight is 560 g/mol. The first kappa shape index (κ1) is 25.0. The van der Waals surface area contributed by atoms with E-state index in [1.54, 1.807) is 0 Å². The molecule has 0 unspecified atom stereocenters. The second kappa shape index (κ2) is 8.86. The maximum Gasteiger partial charge on any atom is 0.267 e. The molecule has 0 saturated carbocycles. The molecular weight excluding hydrogens is 547 g/mol. The van der Waals surface area contributed by atoms with Gasteiger partial charge in [-0.05, 0) is 60.1 Å². The summed E-state index contributed by atoms with van der Waals surface area (Å²) in [5.41, 5.74) is -0.926. The lowest BCUT2D eigenvalue weighted by Gasteiger charge is -2.14. The summed E-state index contributed by atoms with van der Waals surface area (Å²) in [6.07, 6.45) is 0.978. The Morgan fingerprint density at radius 2 is 1.60 bits per heavy atom. The van der Waals surface area contributed by atoms with Crippen molar-refractivity contribution in [1.82, 2.24) is 9.55 Å². The minimum Gasteiger partial charge on any atom is -0.278 e. The van der Waals surface area contributed by atoms with Gasteiger partial charge in [-0.15, -0.1) is 0 Å². The van der Waals surface area contributed by atoms with Gasteiger partial charge in [0.1, 0.15) is 11.6 Å². The standard InChI is InChI=1S/C21H13Cl2F2N3O5S2/c1-34(30,31)12-6-8-17-13(10-12)20(29)28(21(23)26-17)11-5-7-14(22)18(9-11)27-35(32,33)19-15(24)3-2-4-16(19)25/h2-10,27H,1H3. The molecule has 1 aromatic heterocycles. The molecular formula is C21H13Cl2F2N3O5S2. The van der Waals surface area contributed by atoms with Gasteiger partial charge in [-0.2, -0.15) is 0 Å². The number of aromatic nitrogens is 2. The van der Waals surface area contributed by atoms with Crippen LogP contribution >= 0.6 is 23.2 Å². The molecule has 0 radical (unpaired) electrons. The molecule has 0 aliphatic carbocycles. The van der Waals surface area contributed by atoms with E-state index in [9.17, 15) is 30.4 Å². The number of hydrogen-bond acceptors (Lipinski definition) is 6. The van der Waals surface area contributed by atoms with Gasteiger partial charge in [0.15, 0.2) is 14.7 Å². The summed E-state index contributed by atoms with van der Waals surface area (Å²) in [6, 6.07) is 9.98. The van der Waals surface area contributed by atoms with E-state index in [0.29, 0.717) is 0 Å². The van der Waals surface area contributed by atoms with Crippen molar-refractivity contribution in [2.75, 3.05) is 11.0 Å². The zero-order chi connectivity index (χ0) is 25.7. The van der Waals surface area contributed by atoms with Crippen LogP contribution in [0.5, 0.6) is 0 Å². The van der Waals surface area contributed by atoms with E-state index < -0.39 is 41.9 Å². The smallest absolute Gasteiger partial charge is 0.267 e. The third-order valence-electron chi connectivity index (χ3n) is 4.87. The zero-order valence-electron chi connectivity index (χ0n) is 17.5. The van der Waals surface area contributed by atoms with Crippen molar-refractivity contribution in [1.29, 1.82) is 0 Å². The number of sulfone groups is 1. The van der Waals surface area contributed by atoms with Crippen molar-refractivity contribution in [3.8, 4) is 5.69 Å². The van der Waals surface area contributed by atoms with Crippen molar-refractivity contribution in [3.05, 3.63) is 86.9 Å². The number of sulfonamides is 1. The Kier molecular flexibility index (Phi) is 6.34. The summed E-state index contributed by atoms with van der Waals surface area (Å²) in [5, 5.41) is -0.528. The number of hydrogen-bond donors (Lipinski definition) is 1. The molecule has 182 valence electrons. The van der Waals surface area contributed by atoms with Crippen LogP contribution < -0.4 is 10.3 Å². The number of benzene rings is 3. The van der Waals surface area contributed by atoms with E-state index in [4.69, 9.17) is 23.2 Å². The molecule has 0 spiro atoms. The fourth-order valence-electron chi connectivity index (χ4n) is 3.26. The quantitative estimate of drug-likeness (QED) is 0.367. The van der Waals surface area contributed by atoms with E-state index in [1.165, 1.54) is 24.3 Å². The van der Waals surface area contributed by atoms with Crippen molar-refractivity contribution in [2.24, 2.45) is 0 Å². The number of nitrogens with zero attached hydrogens (tertiary/aromatic N) is 2. The monoisotopic (exact) mass is 559 g/mol. The molecule has 0 aliphatic heterocycles. The van der Waals surface area contributed by atoms with Crippen LogP contribution in [0.4, 0.5) is 14.5 Å². The van der Waals surface area contributed by atoms with Crippen LogP contribution in [0.15, 0.2) is 69.2 Å². The first-order valence-electron chi connectivity index (χ1n) is 9.49. The molecule has 8 nitrogen and oxygen atoms in total. The maximum absolute atomic E-state index is 14.1. The number of fused-ring (bicyclic) bond motifs is 1. The van der Waals surface area contributed by atoms with Gasteiger partial charge in [-0.25, -0.2) is 30.6 Å². The lowest BCUT2D eigenvalue weighted by Crippen LogP contribution is -2.21. The summed E-state index contributed by atoms with van der Waals surface area (Å²) in [4.78, 5) is 16.0. The van der Waals surface area contributed by atoms with Crippen LogP contribution in [0.1, 0.15) is 0 Å². The normalized spacial score (nSPS) is 12.1. The van der Waals surface area contributed by atoms with Gasteiger partial charge in [0.05, 0.1) is 32.2 Å². The van der Waals surface area contributed by atoms with Gasteiger partial charge in [0.25, 0.3) is 15.6 Å². The summed E-state index contributed by atoms with van der Waals surface area (Å²) in [7, 11) is -8.39. The van der Waals surface area contributed by atoms with Gasteiger partial charge < -0.3 is 0 Å². The molecule has 4 rings (SSSR count). The minimum atomic E-state index is -4.76. The van der Waals surface area contributed by atoms with Crippen LogP contribution in [0.3, 0.4) is 0 Å². The van der Waals surface area contributed by atoms with Gasteiger partial charge in [0.2, 0.25) is 5.28 Å². The molecule has 1 N–H and O–H groups in total. The lowest BCUT2D eigenvalue weighted by atomic mass is 10.2. The summed E-state index contributed by atoms with van der Waals surface area (Å²) in [5.74, 6) is -2.63. The van der Waals surface area contributed by atoms with Crippen molar-refractivity contribution in [2.45, 2.75) is 9.79 Å². The van der Waals surface area contributed by atoms with E-state index in [1.807, 2.05) is 4.72 Å². The largest absolute Gasteiger partial charge is 0.278 e. The SMILES string of the molecule is CS(=O)(=O)c1ccc2nc(Cl)n(-c3ccc(Cl)c(NS(=O)(=O)c4c(F)cccc4F)c3)c(=O)c2c1. The number of rotatable bonds is 5. The molecule has 0 amide bonds. The Balaban J connectivity index is 1.87. The Hall–Kier alpha value is -3.06. The molecule has 14 heteroatoms. The molecule has 0 fully saturated rings. The highest BCUT2D eigenvalue weighted by Gasteiger charge is 2.25. The third-order valence-corrected chi connectivity index (χ3v) is 7.98. The Morgan fingerprint density at radius 1 is 0.943 bits per heavy atom. The predicted octanol–water partition coefficient (Wildman–Crippen LogP) is 4.18. The van der Waals surface area contributed by atoms with Crippen molar-refractivity contribution < 1.29 is 25.6 Å². The van der Waals surface area contributed by atoms with Crippen LogP contribution in [-0.4, -0.2) is 32.6 Å². The number of anilines is 1. The van der Waals surface area contributed by atoms with Crippen molar-refractivity contribution >= 4 is 59.7 Å². The highest BCUT2D eigenvalue weighted by atomic mass is 35.5. The highest BCUT2D eigenvalue weighted by Crippen LogP contribution is 2.30. The molecule has 0 bridgehead atoms. The van der Waals surface area contributed by atoms with Gasteiger partial charge in [-0.1, -0.05) is 17.7 Å². The van der Waals surface area contributed by atoms with Gasteiger partial charge in [-0.3, -0.25) is 14.1 Å². The van der Waals surface area contributed by atoms with E-state index in [-0.39, 0.29) is 37.5 Å². The molecule has 35 heavy (non-hydrogen) atoms. The predicted molar refractivity (Wildman–Crippen MR) is 128 cm³/mol. The van der Waals surface area contributed by atoms with E-state index in [0.717, 1.165) is 41.2 Å². The third kappa shape index (κ3) is 4.74. The molecule has 1 heterocycles. The zero-order valence-corrected chi connectivity index (χ0v) is 20.6. The molecule has 3 aromatic carbocycles. The lowest BCUT2D eigenvalue weighted by molar-refractivity contribution is 0.521. The van der Waals surface area contributed by atoms with E-state index in [2.05, 4.69) is 4.98 Å². The fraction of sp³-hybridized carbons (Fsp3) is 0.0476. The van der Waals surface area contributed by atoms with Gasteiger partial charge in [0, 0.05) is 6.26 Å². The Bertz CT molecular complexity index is 1770. The summed E-state index contributed by atoms with van der Waals surface area (Å²) in [6.45, 7) is 0. The van der Waals surface area contributed by atoms with Crippen molar-refractivity contribution in [3.63, 3.8) is 0 Å². The summed E-state index contributed by atoms with van der Waals surface area (Å²) < 4.78 is 80.2. The molecule has 0 saturated heterocycles. The molecule has 0 aliphatic rings. The highest BCUT2D eigenvalue weighted by molar-refractivity contribution is 7.92. The number of nitrogens with one attached hydrogen (secondary N) is 1. The number of halogens is 4. The van der Waals surface area contributed by atoms with Crippen LogP contribution in [0, 0.1) is 11.6 Å². The summed E-state index contributed by atoms with van der Waals surface area (Å²) >= 11 is 12.3. The first-order valence-corrected chi connectivity index (χ1v) is 13.6. The second-order valence-corrected chi connectivity index (χ2v) is 11.7. The fourth-order valence-corrected chi connectivity index (χ4v) is 5.60. The molecule has 4 aromatic rings. The topological polar surface area (TPSA) is 115 Å². The van der Waals surface area contributed by atoms with Crippen LogP contribution in [0.25, 0.3) is 16.6 Å². The average Bonchev–Trinajstić information content (AvgIpc) is 2.74. The second-order valence-electron chi connectivity index (χ2n) is 7.29. The maximum atomic E-state index is 14.1. The minimum absolute atomic E-state index is 0.00438.